The van der Waals surface area contributed by atoms with Crippen LogP contribution in [0.3, 0.4) is 0 Å². The summed E-state index contributed by atoms with van der Waals surface area (Å²) in [6.45, 7) is 3.65. The molecule has 2 aromatic rings. The molecule has 0 aliphatic rings. The van der Waals surface area contributed by atoms with Crippen LogP contribution in [0.1, 0.15) is 11.1 Å². The molecule has 0 atom stereocenters. The summed E-state index contributed by atoms with van der Waals surface area (Å²) in [5.41, 5.74) is 1.46. The van der Waals surface area contributed by atoms with E-state index in [0.29, 0.717) is 11.1 Å². The first-order valence-electron chi connectivity index (χ1n) is 4.32. The van der Waals surface area contributed by atoms with Gasteiger partial charge in [-0.1, -0.05) is 11.6 Å². The van der Waals surface area contributed by atoms with Crippen molar-refractivity contribution in [2.45, 2.75) is 13.8 Å². The lowest BCUT2D eigenvalue weighted by Gasteiger charge is -2.03. The van der Waals surface area contributed by atoms with E-state index >= 15 is 0 Å². The largest absolute Gasteiger partial charge is 0.502 e. The van der Waals surface area contributed by atoms with Crippen LogP contribution < -0.4 is 5.63 Å². The molecular formula is C11H10O3. The van der Waals surface area contributed by atoms with Crippen molar-refractivity contribution in [1.29, 1.82) is 0 Å². The Labute approximate surface area is 80.6 Å². The molecule has 0 aliphatic carbocycles. The fourth-order valence-electron chi connectivity index (χ4n) is 1.45. The van der Waals surface area contributed by atoms with E-state index in [1.54, 1.807) is 13.0 Å². The highest BCUT2D eigenvalue weighted by atomic mass is 16.4. The fraction of sp³-hybridized carbons (Fsp3) is 0.182. The van der Waals surface area contributed by atoms with E-state index in [2.05, 4.69) is 0 Å². The first-order chi connectivity index (χ1) is 6.59. The average Bonchev–Trinajstić information content (AvgIpc) is 2.16. The molecule has 0 bridgehead atoms. The Bertz CT molecular complexity index is 552. The molecule has 2 rings (SSSR count). The van der Waals surface area contributed by atoms with Crippen LogP contribution >= 0.6 is 0 Å². The van der Waals surface area contributed by atoms with Crippen LogP contribution in [0.4, 0.5) is 0 Å². The van der Waals surface area contributed by atoms with Crippen molar-refractivity contribution < 1.29 is 9.52 Å². The molecule has 14 heavy (non-hydrogen) atoms. The number of benzene rings is 1. The minimum atomic E-state index is -0.682. The van der Waals surface area contributed by atoms with Gasteiger partial charge in [0.25, 0.3) is 0 Å². The van der Waals surface area contributed by atoms with Crippen molar-refractivity contribution >= 4 is 11.0 Å². The molecule has 0 aliphatic heterocycles. The van der Waals surface area contributed by atoms with Crippen molar-refractivity contribution in [3.63, 3.8) is 0 Å². The maximum atomic E-state index is 11.1. The molecule has 0 radical (unpaired) electrons. The minimum Gasteiger partial charge on any atom is -0.502 e. The third-order valence-electron chi connectivity index (χ3n) is 2.29. The van der Waals surface area contributed by atoms with E-state index in [9.17, 15) is 9.90 Å². The van der Waals surface area contributed by atoms with Crippen LogP contribution in [0.15, 0.2) is 27.4 Å². The molecule has 1 N–H and O–H groups in total. The second-order valence-corrected chi connectivity index (χ2v) is 3.36. The van der Waals surface area contributed by atoms with Crippen LogP contribution in [0.5, 0.6) is 5.75 Å². The zero-order valence-electron chi connectivity index (χ0n) is 8.00. The second kappa shape index (κ2) is 2.87. The molecule has 1 heterocycles. The van der Waals surface area contributed by atoms with Crippen molar-refractivity contribution in [2.24, 2.45) is 0 Å². The summed E-state index contributed by atoms with van der Waals surface area (Å²) >= 11 is 0. The molecule has 3 nitrogen and oxygen atoms in total. The zero-order chi connectivity index (χ0) is 10.3. The average molecular weight is 190 g/mol. The van der Waals surface area contributed by atoms with Gasteiger partial charge in [-0.3, -0.25) is 0 Å². The van der Waals surface area contributed by atoms with Gasteiger partial charge >= 0.3 is 5.63 Å². The SMILES string of the molecule is Cc1ccc2oc(=O)c(O)c(C)c2c1. The van der Waals surface area contributed by atoms with Crippen LogP contribution in [0.25, 0.3) is 11.0 Å². The second-order valence-electron chi connectivity index (χ2n) is 3.36. The maximum Gasteiger partial charge on any atom is 0.379 e. The molecule has 3 heteroatoms. The number of hydrogen-bond acceptors (Lipinski definition) is 3. The van der Waals surface area contributed by atoms with Crippen molar-refractivity contribution in [3.8, 4) is 5.75 Å². The Morgan fingerprint density at radius 1 is 1.29 bits per heavy atom. The number of rotatable bonds is 0. The van der Waals surface area contributed by atoms with E-state index < -0.39 is 5.63 Å². The topological polar surface area (TPSA) is 50.4 Å². The smallest absolute Gasteiger partial charge is 0.379 e. The van der Waals surface area contributed by atoms with E-state index in [1.165, 1.54) is 0 Å². The van der Waals surface area contributed by atoms with Gasteiger partial charge in [0, 0.05) is 10.9 Å². The maximum absolute atomic E-state index is 11.1. The first-order valence-corrected chi connectivity index (χ1v) is 4.32. The molecule has 1 aromatic heterocycles. The van der Waals surface area contributed by atoms with Gasteiger partial charge in [0.05, 0.1) is 0 Å². The lowest BCUT2D eigenvalue weighted by molar-refractivity contribution is 0.424. The lowest BCUT2D eigenvalue weighted by Crippen LogP contribution is -2.00. The molecule has 0 fully saturated rings. The summed E-state index contributed by atoms with van der Waals surface area (Å²) in [6.07, 6.45) is 0. The summed E-state index contributed by atoms with van der Waals surface area (Å²) in [5, 5.41) is 10.2. The van der Waals surface area contributed by atoms with E-state index in [1.807, 2.05) is 19.1 Å². The molecule has 1 aromatic carbocycles. The van der Waals surface area contributed by atoms with Gasteiger partial charge in [-0.05, 0) is 26.0 Å². The standard InChI is InChI=1S/C11H10O3/c1-6-3-4-9-8(5-6)7(2)10(12)11(13)14-9/h3-5,12H,1-2H3. The van der Waals surface area contributed by atoms with E-state index in [4.69, 9.17) is 4.42 Å². The van der Waals surface area contributed by atoms with Crippen molar-refractivity contribution in [2.75, 3.05) is 0 Å². The van der Waals surface area contributed by atoms with Crippen LogP contribution in [0, 0.1) is 13.8 Å². The third kappa shape index (κ3) is 1.18. The molecule has 0 saturated carbocycles. The molecule has 72 valence electrons. The Balaban J connectivity index is 2.99. The predicted octanol–water partition coefficient (Wildman–Crippen LogP) is 2.12. The Morgan fingerprint density at radius 3 is 2.71 bits per heavy atom. The van der Waals surface area contributed by atoms with Gasteiger partial charge < -0.3 is 9.52 Å². The van der Waals surface area contributed by atoms with Crippen LogP contribution in [0.2, 0.25) is 0 Å². The van der Waals surface area contributed by atoms with Gasteiger partial charge in [0.15, 0.2) is 0 Å². The highest BCUT2D eigenvalue weighted by Crippen LogP contribution is 2.23. The summed E-state index contributed by atoms with van der Waals surface area (Å²) in [4.78, 5) is 11.1. The van der Waals surface area contributed by atoms with Gasteiger partial charge in [0.2, 0.25) is 5.75 Å². The predicted molar refractivity (Wildman–Crippen MR) is 53.6 cm³/mol. The van der Waals surface area contributed by atoms with Gasteiger partial charge in [0.1, 0.15) is 5.58 Å². The summed E-state index contributed by atoms with van der Waals surface area (Å²) in [5.74, 6) is -0.303. The fourth-order valence-corrected chi connectivity index (χ4v) is 1.45. The first kappa shape index (κ1) is 8.81. The minimum absolute atomic E-state index is 0.303. The highest BCUT2D eigenvalue weighted by molar-refractivity contribution is 5.82. The Morgan fingerprint density at radius 2 is 2.00 bits per heavy atom. The highest BCUT2D eigenvalue weighted by Gasteiger charge is 2.08. The third-order valence-corrected chi connectivity index (χ3v) is 2.29. The molecular weight excluding hydrogens is 180 g/mol. The lowest BCUT2D eigenvalue weighted by atomic mass is 10.1. The Hall–Kier alpha value is -1.77. The van der Waals surface area contributed by atoms with Gasteiger partial charge in [-0.2, -0.15) is 0 Å². The monoisotopic (exact) mass is 190 g/mol. The molecule has 0 amide bonds. The van der Waals surface area contributed by atoms with Gasteiger partial charge in [-0.15, -0.1) is 0 Å². The summed E-state index contributed by atoms with van der Waals surface area (Å²) < 4.78 is 4.92. The quantitative estimate of drug-likeness (QED) is 0.647. The molecule has 0 unspecified atom stereocenters. The summed E-state index contributed by atoms with van der Waals surface area (Å²) in [6, 6.07) is 5.48. The number of hydrogen-bond donors (Lipinski definition) is 1. The van der Waals surface area contributed by atoms with E-state index in [-0.39, 0.29) is 5.75 Å². The summed E-state index contributed by atoms with van der Waals surface area (Å²) in [7, 11) is 0. The Kier molecular flexibility index (Phi) is 1.81. The number of fused-ring (bicyclic) bond motifs is 1. The number of aromatic hydroxyl groups is 1. The van der Waals surface area contributed by atoms with Crippen molar-refractivity contribution in [1.82, 2.24) is 0 Å². The normalized spacial score (nSPS) is 10.7. The molecule has 0 saturated heterocycles. The van der Waals surface area contributed by atoms with E-state index in [0.717, 1.165) is 10.9 Å². The van der Waals surface area contributed by atoms with Crippen LogP contribution in [-0.4, -0.2) is 5.11 Å². The van der Waals surface area contributed by atoms with Crippen LogP contribution in [-0.2, 0) is 0 Å². The van der Waals surface area contributed by atoms with Gasteiger partial charge in [-0.25, -0.2) is 4.79 Å². The number of aryl methyl sites for hydroxylation is 2. The zero-order valence-corrected chi connectivity index (χ0v) is 8.00. The molecule has 0 spiro atoms. The van der Waals surface area contributed by atoms with Crippen molar-refractivity contribution in [3.05, 3.63) is 39.7 Å².